The molecule has 1 aliphatic carbocycles. The standard InChI is InChI=1S/C21H25NO2S.C2H2.CH4OS/c1-21(2)10-9-17-15(13-21)18(20(23)24)19(25-17)14-7-3-4-8-16(14)22-11-5-6-12-22;1-2;1-2-3/h3-4,7-8H,5-6,9-13H2,1-2H3,(H,23,24);1-2H;3H,1H3. The van der Waals surface area contributed by atoms with Gasteiger partial charge in [-0.1, -0.05) is 32.0 Å². The Kier molecular flexibility index (Phi) is 8.84. The molecule has 2 aromatic rings. The third-order valence-corrected chi connectivity index (χ3v) is 6.91. The van der Waals surface area contributed by atoms with E-state index in [9.17, 15) is 9.90 Å². The van der Waals surface area contributed by atoms with Crippen LogP contribution < -0.4 is 4.90 Å². The van der Waals surface area contributed by atoms with Crippen LogP contribution in [0.5, 0.6) is 0 Å². The summed E-state index contributed by atoms with van der Waals surface area (Å²) in [6.45, 7) is 6.63. The Balaban J connectivity index is 0.000000590. The van der Waals surface area contributed by atoms with E-state index in [-0.39, 0.29) is 5.41 Å². The van der Waals surface area contributed by atoms with E-state index in [0.717, 1.165) is 48.4 Å². The van der Waals surface area contributed by atoms with Crippen molar-refractivity contribution in [3.63, 3.8) is 0 Å². The Labute approximate surface area is 189 Å². The molecule has 1 aromatic carbocycles. The zero-order chi connectivity index (χ0) is 22.3. The fraction of sp³-hybridized carbons (Fsp3) is 0.458. The van der Waals surface area contributed by atoms with Gasteiger partial charge in [0.1, 0.15) is 0 Å². The van der Waals surface area contributed by atoms with Crippen molar-refractivity contribution in [1.82, 2.24) is 0 Å². The van der Waals surface area contributed by atoms with Gasteiger partial charge in [0.15, 0.2) is 0 Å². The van der Waals surface area contributed by atoms with E-state index in [4.69, 9.17) is 0 Å². The number of carboxylic acids is 1. The number of aromatic carboxylic acids is 1. The smallest absolute Gasteiger partial charge is 0.337 e. The molecule has 162 valence electrons. The van der Waals surface area contributed by atoms with E-state index < -0.39 is 5.97 Å². The summed E-state index contributed by atoms with van der Waals surface area (Å²) in [6.07, 6.45) is 13.4. The zero-order valence-electron chi connectivity index (χ0n) is 18.0. The second kappa shape index (κ2) is 10.9. The molecule has 0 saturated carbocycles. The van der Waals surface area contributed by atoms with Crippen LogP contribution in [0.3, 0.4) is 0 Å². The maximum absolute atomic E-state index is 12.2. The molecule has 0 radical (unpaired) electrons. The number of thiophene rings is 1. The number of fused-ring (bicyclic) bond motifs is 1. The minimum absolute atomic E-state index is 0.185. The maximum atomic E-state index is 12.2. The van der Waals surface area contributed by atoms with Crippen molar-refractivity contribution in [2.45, 2.75) is 46.0 Å². The number of nitrogens with zero attached hydrogens (tertiary/aromatic N) is 1. The molecule has 2 aliphatic rings. The van der Waals surface area contributed by atoms with E-state index in [1.807, 2.05) is 6.07 Å². The lowest BCUT2D eigenvalue weighted by Gasteiger charge is -2.29. The summed E-state index contributed by atoms with van der Waals surface area (Å²) >= 11 is 5.00. The second-order valence-corrected chi connectivity index (χ2v) is 9.72. The molecule has 1 aliphatic heterocycles. The highest BCUT2D eigenvalue weighted by atomic mass is 32.1. The van der Waals surface area contributed by atoms with Crippen LogP contribution in [0.25, 0.3) is 10.4 Å². The van der Waals surface area contributed by atoms with E-state index in [2.05, 4.69) is 66.9 Å². The Hall–Kier alpha value is -1.94. The summed E-state index contributed by atoms with van der Waals surface area (Å²) in [5, 5.41) is 9.99. The molecular weight excluding hydrogens is 414 g/mol. The molecule has 1 saturated heterocycles. The van der Waals surface area contributed by atoms with Gasteiger partial charge in [0.05, 0.1) is 10.4 Å². The number of benzene rings is 1. The van der Waals surface area contributed by atoms with Gasteiger partial charge in [0.2, 0.25) is 0 Å². The predicted molar refractivity (Wildman–Crippen MR) is 130 cm³/mol. The largest absolute Gasteiger partial charge is 0.478 e. The number of terminal acetylenes is 1. The Morgan fingerprint density at radius 2 is 1.83 bits per heavy atom. The minimum Gasteiger partial charge on any atom is -0.478 e. The highest BCUT2D eigenvalue weighted by Crippen LogP contribution is 2.47. The molecule has 0 amide bonds. The van der Waals surface area contributed by atoms with Crippen LogP contribution in [-0.2, 0) is 17.0 Å². The fourth-order valence-corrected chi connectivity index (χ4v) is 5.58. The molecule has 0 spiro atoms. The number of hydrogen-bond acceptors (Lipinski definition) is 5. The van der Waals surface area contributed by atoms with E-state index in [1.54, 1.807) is 11.3 Å². The molecule has 2 heterocycles. The van der Waals surface area contributed by atoms with Crippen molar-refractivity contribution in [1.29, 1.82) is 0 Å². The van der Waals surface area contributed by atoms with E-state index >= 15 is 0 Å². The van der Waals surface area contributed by atoms with Gasteiger partial charge < -0.3 is 14.2 Å². The predicted octanol–water partition coefficient (Wildman–Crippen LogP) is 5.96. The van der Waals surface area contributed by atoms with Crippen LogP contribution >= 0.6 is 24.2 Å². The first-order valence-electron chi connectivity index (χ1n) is 10.1. The van der Waals surface area contributed by atoms with Crippen LogP contribution in [0, 0.1) is 18.3 Å². The average molecular weight is 446 g/mol. The van der Waals surface area contributed by atoms with E-state index in [1.165, 1.54) is 30.5 Å². The molecule has 1 aromatic heterocycles. The third-order valence-electron chi connectivity index (χ3n) is 5.58. The summed E-state index contributed by atoms with van der Waals surface area (Å²) in [7, 11) is 1.49. The van der Waals surface area contributed by atoms with Crippen molar-refractivity contribution in [2.24, 2.45) is 5.41 Å². The van der Waals surface area contributed by atoms with Crippen molar-refractivity contribution < 1.29 is 14.1 Å². The topological polar surface area (TPSA) is 49.8 Å². The number of aryl methyl sites for hydroxylation is 1. The molecule has 0 bridgehead atoms. The quantitative estimate of drug-likeness (QED) is 0.348. The molecule has 1 fully saturated rings. The Morgan fingerprint density at radius 1 is 1.23 bits per heavy atom. The van der Waals surface area contributed by atoms with Gasteiger partial charge in [-0.3, -0.25) is 0 Å². The number of thiol groups is 1. The number of carbonyl (C=O) groups is 1. The number of carboxylic acid groups (broad SMARTS) is 1. The lowest BCUT2D eigenvalue weighted by Crippen LogP contribution is -2.22. The highest BCUT2D eigenvalue weighted by molar-refractivity contribution is 7.75. The summed E-state index contributed by atoms with van der Waals surface area (Å²) < 4.78 is 3.94. The SMILES string of the molecule is C#C.CC1(C)CCc2sc(-c3ccccc3N3CCCC3)c(C(=O)O)c2C1.COS. The van der Waals surface area contributed by atoms with Gasteiger partial charge >= 0.3 is 5.97 Å². The van der Waals surface area contributed by atoms with Crippen LogP contribution in [-0.4, -0.2) is 31.3 Å². The highest BCUT2D eigenvalue weighted by Gasteiger charge is 2.33. The number of rotatable bonds is 3. The molecule has 0 unspecified atom stereocenters. The molecule has 4 rings (SSSR count). The van der Waals surface area contributed by atoms with Crippen LogP contribution in [0.4, 0.5) is 5.69 Å². The van der Waals surface area contributed by atoms with Crippen LogP contribution in [0.15, 0.2) is 24.3 Å². The normalized spacial score (nSPS) is 16.5. The van der Waals surface area contributed by atoms with Crippen molar-refractivity contribution in [3.8, 4) is 23.3 Å². The minimum atomic E-state index is -0.776. The molecule has 6 heteroatoms. The van der Waals surface area contributed by atoms with Crippen molar-refractivity contribution in [3.05, 3.63) is 40.3 Å². The van der Waals surface area contributed by atoms with Crippen LogP contribution in [0.2, 0.25) is 0 Å². The zero-order valence-corrected chi connectivity index (χ0v) is 19.7. The summed E-state index contributed by atoms with van der Waals surface area (Å²) in [5.41, 5.74) is 4.11. The fourth-order valence-electron chi connectivity index (χ4n) is 4.24. The van der Waals surface area contributed by atoms with E-state index in [0.29, 0.717) is 5.56 Å². The molecule has 1 N–H and O–H groups in total. The van der Waals surface area contributed by atoms with Gasteiger partial charge in [-0.2, -0.15) is 0 Å². The van der Waals surface area contributed by atoms with Gasteiger partial charge in [-0.15, -0.1) is 24.2 Å². The second-order valence-electron chi connectivity index (χ2n) is 8.25. The average Bonchev–Trinajstić information content (AvgIpc) is 3.37. The maximum Gasteiger partial charge on any atom is 0.337 e. The van der Waals surface area contributed by atoms with Crippen molar-refractivity contribution in [2.75, 3.05) is 25.1 Å². The summed E-state index contributed by atoms with van der Waals surface area (Å²) in [4.78, 5) is 16.8. The molecule has 30 heavy (non-hydrogen) atoms. The van der Waals surface area contributed by atoms with Gasteiger partial charge in [0, 0.05) is 36.3 Å². The Bertz CT molecular complexity index is 880. The number of para-hydroxylation sites is 1. The van der Waals surface area contributed by atoms with Gasteiger partial charge in [-0.25, -0.2) is 4.79 Å². The van der Waals surface area contributed by atoms with Crippen LogP contribution in [0.1, 0.15) is 53.9 Å². The number of anilines is 1. The van der Waals surface area contributed by atoms with Gasteiger partial charge in [-0.05, 0) is 62.1 Å². The third kappa shape index (κ3) is 5.40. The lowest BCUT2D eigenvalue weighted by molar-refractivity contribution is 0.0696. The first-order valence-corrected chi connectivity index (χ1v) is 11.3. The van der Waals surface area contributed by atoms with Crippen molar-refractivity contribution >= 4 is 35.9 Å². The Morgan fingerprint density at radius 3 is 2.43 bits per heavy atom. The summed E-state index contributed by atoms with van der Waals surface area (Å²) in [5.74, 6) is -0.776. The lowest BCUT2D eigenvalue weighted by atomic mass is 9.76. The van der Waals surface area contributed by atoms with Gasteiger partial charge in [0.25, 0.3) is 0 Å². The first kappa shape index (κ1) is 24.3. The molecular formula is C24H31NO3S2. The summed E-state index contributed by atoms with van der Waals surface area (Å²) in [6, 6.07) is 8.34. The number of hydrogen-bond donors (Lipinski definition) is 2. The molecule has 0 atom stereocenters. The monoisotopic (exact) mass is 445 g/mol. The molecule has 4 nitrogen and oxygen atoms in total. The first-order chi connectivity index (χ1) is 14.4.